The molecule has 5 aromatic heterocycles. The number of carbonyl (C=O) groups excluding carboxylic acids is 12. The number of carbonyl (C=O) groups is 12. The number of hydrogen-bond donors (Lipinski definition) is 0. The van der Waals surface area contributed by atoms with E-state index in [0.717, 1.165) is 53.4 Å². The predicted octanol–water partition coefficient (Wildman–Crippen LogP) is 8.09. The number of aryl methyl sites for hydroxylation is 2. The highest BCUT2D eigenvalue weighted by atomic mass is 16.5. The van der Waals surface area contributed by atoms with E-state index in [-0.39, 0.29) is 109 Å². The molecular weight excluding hydrogens is 1150 g/mol. The van der Waals surface area contributed by atoms with Gasteiger partial charge in [-0.2, -0.15) is 0 Å². The molecule has 10 rings (SSSR count). The van der Waals surface area contributed by atoms with Crippen molar-refractivity contribution in [3.05, 3.63) is 172 Å². The highest BCUT2D eigenvalue weighted by Crippen LogP contribution is 2.35. The second-order valence-corrected chi connectivity index (χ2v) is 20.8. The number of nitrogens with zero attached hydrogens (tertiary/aromatic N) is 5. The number of aldehydes is 1. The third-order valence-corrected chi connectivity index (χ3v) is 16.4. The molecule has 23 heteroatoms. The zero-order valence-electron chi connectivity index (χ0n) is 53.6. The van der Waals surface area contributed by atoms with E-state index in [9.17, 15) is 57.5 Å². The maximum atomic E-state index is 12.4. The molecule has 470 valence electrons. The number of rotatable bonds is 12. The molecule has 0 aliphatic heterocycles. The van der Waals surface area contributed by atoms with Crippen LogP contribution < -0.4 is 0 Å². The van der Waals surface area contributed by atoms with Crippen LogP contribution in [-0.2, 0) is 95.8 Å². The first-order valence-corrected chi connectivity index (χ1v) is 28.4. The molecule has 5 aromatic rings. The van der Waals surface area contributed by atoms with Crippen LogP contribution >= 0.6 is 0 Å². The van der Waals surface area contributed by atoms with E-state index in [4.69, 9.17) is 28.4 Å². The van der Waals surface area contributed by atoms with E-state index in [1.165, 1.54) is 60.9 Å². The lowest BCUT2D eigenvalue weighted by Crippen LogP contribution is -2.23. The van der Waals surface area contributed by atoms with Gasteiger partial charge in [-0.25, -0.2) is 4.79 Å². The van der Waals surface area contributed by atoms with Crippen LogP contribution in [0.4, 0.5) is 0 Å². The van der Waals surface area contributed by atoms with Gasteiger partial charge in [0, 0.05) is 99.7 Å². The molecule has 89 heavy (non-hydrogen) atoms. The molecular formula is C66H73N5O18. The van der Waals surface area contributed by atoms with Crippen LogP contribution in [0.15, 0.2) is 64.9 Å². The third-order valence-electron chi connectivity index (χ3n) is 16.4. The number of ether oxygens (including phenoxy) is 6. The van der Waals surface area contributed by atoms with Crippen molar-refractivity contribution >= 4 is 70.1 Å². The third kappa shape index (κ3) is 11.5. The van der Waals surface area contributed by atoms with Crippen LogP contribution in [0.5, 0.6) is 0 Å². The smallest absolute Gasteiger partial charge is 0.340 e. The Morgan fingerprint density at radius 1 is 0.438 bits per heavy atom. The average molecular weight is 1220 g/mol. The summed E-state index contributed by atoms with van der Waals surface area (Å²) >= 11 is 0. The first-order chi connectivity index (χ1) is 42.1. The second kappa shape index (κ2) is 27.3. The number of allylic oxidation sites excluding steroid dienone is 10. The molecule has 5 aliphatic carbocycles. The number of methoxy groups -OCH3 is 6. The molecule has 0 aromatic carbocycles. The minimum absolute atomic E-state index is 0.0242. The highest BCUT2D eigenvalue weighted by Gasteiger charge is 2.40. The Hall–Kier alpha value is -10.1. The van der Waals surface area contributed by atoms with E-state index < -0.39 is 17.5 Å². The minimum atomic E-state index is -0.628. The zero-order chi connectivity index (χ0) is 66.7. The Labute approximate surface area is 514 Å². The van der Waals surface area contributed by atoms with E-state index in [1.807, 2.05) is 73.3 Å². The molecule has 23 nitrogen and oxygen atoms in total. The topological polar surface area (TPSA) is 285 Å². The van der Waals surface area contributed by atoms with Crippen molar-refractivity contribution < 1.29 is 86.0 Å². The SMILES string of the molecule is CCc1c(C(=O)OC)c2c(n1C)C(=O)C=C(OC)C2=O.CCc1c(C)c2c(n1C)C(=O)C(C)=C(OC)C2=O.CCc1c(C=O)c2c(n1C)C(=O)C=C(OC)C2=O.CCc1c2c(n(C)c1C)C(=O)C=C(OC)C2=O.CCc1cn(C)c2c1C(=O)C(OC)=CC2=O. The maximum absolute atomic E-state index is 12.4. The first-order valence-electron chi connectivity index (χ1n) is 28.4. The van der Waals surface area contributed by atoms with Gasteiger partial charge >= 0.3 is 5.97 Å². The van der Waals surface area contributed by atoms with Crippen molar-refractivity contribution in [3.8, 4) is 0 Å². The monoisotopic (exact) mass is 1220 g/mol. The van der Waals surface area contributed by atoms with E-state index in [2.05, 4.69) is 0 Å². The van der Waals surface area contributed by atoms with Crippen LogP contribution in [0.3, 0.4) is 0 Å². The van der Waals surface area contributed by atoms with E-state index >= 15 is 0 Å². The van der Waals surface area contributed by atoms with Gasteiger partial charge in [0.25, 0.3) is 0 Å². The Kier molecular flexibility index (Phi) is 20.9. The van der Waals surface area contributed by atoms with Crippen molar-refractivity contribution in [1.82, 2.24) is 22.8 Å². The predicted molar refractivity (Wildman–Crippen MR) is 324 cm³/mol. The lowest BCUT2D eigenvalue weighted by molar-refractivity contribution is 0.0594. The molecule has 5 heterocycles. The summed E-state index contributed by atoms with van der Waals surface area (Å²) in [5.41, 5.74) is 10.4. The van der Waals surface area contributed by atoms with Crippen LogP contribution in [0.1, 0.15) is 206 Å². The number of ketones is 10. The number of fused-ring (bicyclic) bond motifs is 5. The van der Waals surface area contributed by atoms with Gasteiger partial charge in [0.05, 0.1) is 76.0 Å². The van der Waals surface area contributed by atoms with Crippen LogP contribution in [0, 0.1) is 13.8 Å². The quantitative estimate of drug-likeness (QED) is 0.0842. The fraction of sp³-hybridized carbons (Fsp3) is 0.364. The normalized spacial score (nSPS) is 14.6. The second-order valence-electron chi connectivity index (χ2n) is 20.8. The Bertz CT molecular complexity index is 4100. The van der Waals surface area contributed by atoms with Crippen molar-refractivity contribution in [2.75, 3.05) is 42.7 Å². The zero-order valence-corrected chi connectivity index (χ0v) is 53.6. The van der Waals surface area contributed by atoms with Crippen molar-refractivity contribution in [2.45, 2.75) is 87.5 Å². The molecule has 0 atom stereocenters. The van der Waals surface area contributed by atoms with E-state index in [0.29, 0.717) is 69.9 Å². The standard InChI is InChI=1S/C14H15NO5.C14H17NO3.C13H13NO4.C13H15NO3.C12H13NO3/c1-5-7-10(14(18)20-4)11-12(15(7)2)8(16)6-9(19-3)13(11)17;1-6-9-7(2)10-11(15(9)4)12(16)8(3)14(18-5)13(10)17;1-4-8-7(6-15)11-12(14(8)2)9(16)5-10(18-3)13(11)17;1-5-8-7(2)14(3)12-9(15)6-10(17-4)13(16)11(8)12;1-4-7-6-13(2)11-8(14)5-9(16-3)12(15)10(7)11/h6H,5H2,1-4H3;6H2,1-5H3;5-6H,4H2,1-3H3;6H,5H2,1-4H3;5-6H,4H2,1-3H3. The Balaban J connectivity index is 0.000000178. The summed E-state index contributed by atoms with van der Waals surface area (Å²) in [6.45, 7) is 15.1. The van der Waals surface area contributed by atoms with Gasteiger partial charge in [0.1, 0.15) is 28.5 Å². The first kappa shape index (κ1) is 68.1. The molecule has 5 aliphatic rings. The summed E-state index contributed by atoms with van der Waals surface area (Å²) in [6, 6.07) is 0. The lowest BCUT2D eigenvalue weighted by Gasteiger charge is -2.16. The molecule has 0 N–H and O–H groups in total. The average Bonchev–Trinajstić information content (AvgIpc) is 1.86. The molecule has 0 bridgehead atoms. The number of hydrogen-bond acceptors (Lipinski definition) is 18. The van der Waals surface area contributed by atoms with Gasteiger partial charge in [-0.1, -0.05) is 34.6 Å². The molecule has 0 unspecified atom stereocenters. The van der Waals surface area contributed by atoms with Gasteiger partial charge in [-0.15, -0.1) is 0 Å². The molecule has 0 saturated heterocycles. The Morgan fingerprint density at radius 2 is 0.854 bits per heavy atom. The van der Waals surface area contributed by atoms with Crippen molar-refractivity contribution in [2.24, 2.45) is 35.2 Å². The van der Waals surface area contributed by atoms with Crippen LogP contribution in [-0.4, -0.2) is 136 Å². The van der Waals surface area contributed by atoms with Gasteiger partial charge in [-0.3, -0.25) is 52.7 Å². The fourth-order valence-electron chi connectivity index (χ4n) is 12.0. The van der Waals surface area contributed by atoms with Gasteiger partial charge in [0.2, 0.25) is 57.8 Å². The number of aromatic nitrogens is 5. The summed E-state index contributed by atoms with van der Waals surface area (Å²) in [6.07, 6.45) is 10.6. The molecule has 0 saturated carbocycles. The summed E-state index contributed by atoms with van der Waals surface area (Å²) in [5, 5.41) is 0. The Morgan fingerprint density at radius 3 is 1.28 bits per heavy atom. The van der Waals surface area contributed by atoms with Crippen LogP contribution in [0.25, 0.3) is 0 Å². The van der Waals surface area contributed by atoms with Crippen molar-refractivity contribution in [1.29, 1.82) is 0 Å². The molecule has 0 spiro atoms. The van der Waals surface area contributed by atoms with Gasteiger partial charge < -0.3 is 51.3 Å². The van der Waals surface area contributed by atoms with Gasteiger partial charge in [0.15, 0.2) is 35.1 Å². The highest BCUT2D eigenvalue weighted by molar-refractivity contribution is 6.29. The number of esters is 1. The summed E-state index contributed by atoms with van der Waals surface area (Å²) < 4.78 is 38.0. The van der Waals surface area contributed by atoms with Crippen LogP contribution in [0.2, 0.25) is 0 Å². The molecule has 0 amide bonds. The minimum Gasteiger partial charge on any atom is -0.492 e. The largest absolute Gasteiger partial charge is 0.492 e. The lowest BCUT2D eigenvalue weighted by atomic mass is 9.92. The summed E-state index contributed by atoms with van der Waals surface area (Å²) in [4.78, 5) is 144. The maximum Gasteiger partial charge on any atom is 0.340 e. The van der Waals surface area contributed by atoms with Gasteiger partial charge in [-0.05, 0) is 69.6 Å². The van der Waals surface area contributed by atoms with Crippen molar-refractivity contribution in [3.63, 3.8) is 0 Å². The van der Waals surface area contributed by atoms with E-state index in [1.54, 1.807) is 46.3 Å². The molecule has 0 radical (unpaired) electrons. The summed E-state index contributed by atoms with van der Waals surface area (Å²) in [5.74, 6) is -2.89. The summed E-state index contributed by atoms with van der Waals surface area (Å²) in [7, 11) is 16.9. The molecule has 0 fully saturated rings. The fourth-order valence-corrected chi connectivity index (χ4v) is 12.0. The number of Topliss-reactive ketones (excluding diaryl/α,β-unsaturated/α-hetero) is 6.